The van der Waals surface area contributed by atoms with Crippen LogP contribution in [0.3, 0.4) is 0 Å². The molecule has 1 aromatic rings. The van der Waals surface area contributed by atoms with E-state index in [1.54, 1.807) is 12.1 Å². The summed E-state index contributed by atoms with van der Waals surface area (Å²) in [6.45, 7) is 2.33. The molecule has 0 bridgehead atoms. The van der Waals surface area contributed by atoms with Crippen molar-refractivity contribution in [2.45, 2.75) is 0 Å². The number of phenolic OH excluding ortho intramolecular Hbond substituents is 1. The lowest BCUT2D eigenvalue weighted by Crippen LogP contribution is -2.40. The summed E-state index contributed by atoms with van der Waals surface area (Å²) >= 11 is 0. The Kier molecular flexibility index (Phi) is 3.13. The average Bonchev–Trinajstić information content (AvgIpc) is 2.74. The molecule has 0 aromatic heterocycles. The first-order valence-corrected chi connectivity index (χ1v) is 5.15. The van der Waals surface area contributed by atoms with E-state index in [0.29, 0.717) is 13.1 Å². The molecule has 1 saturated heterocycles. The van der Waals surface area contributed by atoms with E-state index in [9.17, 15) is 9.59 Å². The summed E-state index contributed by atoms with van der Waals surface area (Å²) < 4.78 is 0. The number of rotatable bonds is 2. The maximum Gasteiger partial charge on any atom is 0.326 e. The van der Waals surface area contributed by atoms with Crippen molar-refractivity contribution in [3.63, 3.8) is 0 Å². The fourth-order valence-electron chi connectivity index (χ4n) is 1.46. The zero-order valence-corrected chi connectivity index (χ0v) is 9.01. The van der Waals surface area contributed by atoms with Crippen molar-refractivity contribution < 1.29 is 14.7 Å². The molecule has 3 N–H and O–H groups in total. The largest absolute Gasteiger partial charge is 0.508 e. The lowest BCUT2D eigenvalue weighted by Gasteiger charge is -2.12. The van der Waals surface area contributed by atoms with Crippen LogP contribution in [0.5, 0.6) is 5.75 Å². The number of nitrogens with one attached hydrogen (secondary N) is 2. The topological polar surface area (TPSA) is 81.7 Å². The molecule has 89 valence electrons. The van der Waals surface area contributed by atoms with Crippen LogP contribution in [0.4, 0.5) is 9.59 Å². The Hall–Kier alpha value is -2.24. The number of hydrogen-bond acceptors (Lipinski definition) is 3. The summed E-state index contributed by atoms with van der Waals surface area (Å²) in [6, 6.07) is 5.48. The number of nitrogens with zero attached hydrogens (tertiary/aromatic N) is 1. The SMILES string of the molecule is O=C(N[CH]c1ccc(O)cc1)N1CCNC1=O. The molecule has 6 nitrogen and oxygen atoms in total. The Morgan fingerprint density at radius 1 is 1.41 bits per heavy atom. The highest BCUT2D eigenvalue weighted by Gasteiger charge is 2.25. The second-order valence-corrected chi connectivity index (χ2v) is 3.57. The minimum absolute atomic E-state index is 0.160. The van der Waals surface area contributed by atoms with Gasteiger partial charge in [0.2, 0.25) is 0 Å². The van der Waals surface area contributed by atoms with Crippen molar-refractivity contribution >= 4 is 12.1 Å². The molecule has 1 radical (unpaired) electrons. The predicted octanol–water partition coefficient (Wildman–Crippen LogP) is 0.637. The van der Waals surface area contributed by atoms with E-state index in [1.165, 1.54) is 18.7 Å². The molecule has 1 aliphatic heterocycles. The molecule has 1 aliphatic rings. The Labute approximate surface area is 98.2 Å². The van der Waals surface area contributed by atoms with Crippen LogP contribution >= 0.6 is 0 Å². The van der Waals surface area contributed by atoms with Gasteiger partial charge < -0.3 is 15.7 Å². The van der Waals surface area contributed by atoms with Crippen molar-refractivity contribution in [1.29, 1.82) is 0 Å². The molecule has 0 atom stereocenters. The molecular weight excluding hydrogens is 222 g/mol. The number of urea groups is 2. The van der Waals surface area contributed by atoms with Gasteiger partial charge in [-0.05, 0) is 17.7 Å². The second-order valence-electron chi connectivity index (χ2n) is 3.57. The maximum atomic E-state index is 11.6. The van der Waals surface area contributed by atoms with E-state index >= 15 is 0 Å². The molecule has 1 fully saturated rings. The molecule has 0 aliphatic carbocycles. The van der Waals surface area contributed by atoms with Gasteiger partial charge in [-0.25, -0.2) is 14.5 Å². The number of imide groups is 1. The number of carbonyl (C=O) groups is 2. The fraction of sp³-hybridized carbons (Fsp3) is 0.182. The van der Waals surface area contributed by atoms with Crippen molar-refractivity contribution in [3.8, 4) is 5.75 Å². The summed E-state index contributed by atoms with van der Waals surface area (Å²) in [5, 5.41) is 14.1. The van der Waals surface area contributed by atoms with E-state index in [-0.39, 0.29) is 11.8 Å². The lowest BCUT2D eigenvalue weighted by molar-refractivity contribution is 0.200. The van der Waals surface area contributed by atoms with Crippen LogP contribution in [0.2, 0.25) is 0 Å². The summed E-state index contributed by atoms with van der Waals surface area (Å²) in [6.07, 6.45) is 0. The summed E-state index contributed by atoms with van der Waals surface area (Å²) in [7, 11) is 0. The summed E-state index contributed by atoms with van der Waals surface area (Å²) in [5.74, 6) is 0.160. The number of carbonyl (C=O) groups excluding carboxylic acids is 2. The summed E-state index contributed by atoms with van der Waals surface area (Å²) in [4.78, 5) is 23.8. The summed E-state index contributed by atoms with van der Waals surface area (Å²) in [5.41, 5.74) is 0.732. The van der Waals surface area contributed by atoms with Crippen molar-refractivity contribution in [3.05, 3.63) is 36.4 Å². The van der Waals surface area contributed by atoms with Gasteiger partial charge in [0.1, 0.15) is 5.75 Å². The zero-order valence-electron chi connectivity index (χ0n) is 9.01. The number of hydrogen-bond donors (Lipinski definition) is 3. The van der Waals surface area contributed by atoms with Gasteiger partial charge in [0.15, 0.2) is 0 Å². The van der Waals surface area contributed by atoms with Crippen molar-refractivity contribution in [2.24, 2.45) is 0 Å². The Morgan fingerprint density at radius 3 is 2.71 bits per heavy atom. The first kappa shape index (κ1) is 11.3. The second kappa shape index (κ2) is 4.73. The van der Waals surface area contributed by atoms with Crippen LogP contribution in [0.15, 0.2) is 24.3 Å². The third-order valence-corrected chi connectivity index (χ3v) is 2.36. The van der Waals surface area contributed by atoms with Crippen LogP contribution in [-0.4, -0.2) is 35.2 Å². The quantitative estimate of drug-likeness (QED) is 0.702. The van der Waals surface area contributed by atoms with E-state index in [0.717, 1.165) is 10.5 Å². The third kappa shape index (κ3) is 2.66. The molecule has 17 heavy (non-hydrogen) atoms. The number of aromatic hydroxyl groups is 1. The highest BCUT2D eigenvalue weighted by molar-refractivity contribution is 5.95. The molecule has 0 saturated carbocycles. The average molecular weight is 234 g/mol. The predicted molar refractivity (Wildman–Crippen MR) is 60.1 cm³/mol. The maximum absolute atomic E-state index is 11.6. The first-order valence-electron chi connectivity index (χ1n) is 5.15. The van der Waals surface area contributed by atoms with E-state index in [2.05, 4.69) is 10.6 Å². The minimum Gasteiger partial charge on any atom is -0.508 e. The van der Waals surface area contributed by atoms with Crippen molar-refractivity contribution in [1.82, 2.24) is 15.5 Å². The van der Waals surface area contributed by atoms with Gasteiger partial charge in [-0.2, -0.15) is 0 Å². The monoisotopic (exact) mass is 234 g/mol. The third-order valence-electron chi connectivity index (χ3n) is 2.36. The van der Waals surface area contributed by atoms with E-state index < -0.39 is 6.03 Å². The van der Waals surface area contributed by atoms with Gasteiger partial charge in [0.05, 0.1) is 6.54 Å². The smallest absolute Gasteiger partial charge is 0.326 e. The van der Waals surface area contributed by atoms with Gasteiger partial charge in [-0.15, -0.1) is 0 Å². The first-order chi connectivity index (χ1) is 8.16. The van der Waals surface area contributed by atoms with Crippen LogP contribution in [-0.2, 0) is 0 Å². The number of amides is 4. The Morgan fingerprint density at radius 2 is 2.12 bits per heavy atom. The van der Waals surface area contributed by atoms with Gasteiger partial charge >= 0.3 is 12.1 Å². The molecule has 0 unspecified atom stereocenters. The highest BCUT2D eigenvalue weighted by Crippen LogP contribution is 2.10. The molecule has 0 spiro atoms. The molecule has 6 heteroatoms. The van der Waals surface area contributed by atoms with Gasteiger partial charge in [0.25, 0.3) is 0 Å². The number of benzene rings is 1. The van der Waals surface area contributed by atoms with Gasteiger partial charge in [-0.3, -0.25) is 0 Å². The minimum atomic E-state index is -0.465. The molecule has 1 aromatic carbocycles. The Bertz CT molecular complexity index is 430. The van der Waals surface area contributed by atoms with Crippen molar-refractivity contribution in [2.75, 3.05) is 13.1 Å². The molecule has 1 heterocycles. The standard InChI is InChI=1S/C11H12N3O3/c15-9-3-1-8(2-4-9)7-13-11(17)14-6-5-12-10(14)16/h1-4,7,15H,5-6H2,(H,12,16)(H,13,17). The molecule has 4 amide bonds. The number of phenols is 1. The Balaban J connectivity index is 1.87. The van der Waals surface area contributed by atoms with Gasteiger partial charge in [0, 0.05) is 13.1 Å². The van der Waals surface area contributed by atoms with Gasteiger partial charge in [-0.1, -0.05) is 12.1 Å². The zero-order chi connectivity index (χ0) is 12.3. The molecule has 2 rings (SSSR count). The van der Waals surface area contributed by atoms with Crippen LogP contribution in [0.25, 0.3) is 0 Å². The normalized spacial score (nSPS) is 14.6. The van der Waals surface area contributed by atoms with E-state index in [1.807, 2.05) is 0 Å². The lowest BCUT2D eigenvalue weighted by atomic mass is 10.2. The fourth-order valence-corrected chi connectivity index (χ4v) is 1.46. The van der Waals surface area contributed by atoms with Crippen LogP contribution in [0.1, 0.15) is 5.56 Å². The molecular formula is C11H12N3O3. The van der Waals surface area contributed by atoms with Crippen LogP contribution in [0, 0.1) is 6.54 Å². The van der Waals surface area contributed by atoms with Crippen LogP contribution < -0.4 is 10.6 Å². The van der Waals surface area contributed by atoms with E-state index in [4.69, 9.17) is 5.11 Å². The highest BCUT2D eigenvalue weighted by atomic mass is 16.3.